The van der Waals surface area contributed by atoms with Crippen molar-refractivity contribution in [3.8, 4) is 11.5 Å². The Labute approximate surface area is 189 Å². The van der Waals surface area contributed by atoms with Gasteiger partial charge < -0.3 is 10.1 Å². The number of nitrogens with zero attached hydrogens (tertiary/aromatic N) is 3. The average molecular weight is 474 g/mol. The number of rotatable bonds is 6. The maximum Gasteiger partial charge on any atom is 0.416 e. The van der Waals surface area contributed by atoms with Crippen LogP contribution in [0.3, 0.4) is 0 Å². The molecule has 2 aromatic heterocycles. The van der Waals surface area contributed by atoms with Crippen molar-refractivity contribution in [1.29, 1.82) is 0 Å². The highest BCUT2D eigenvalue weighted by Gasteiger charge is 2.34. The average Bonchev–Trinajstić information content (AvgIpc) is 3.21. The van der Waals surface area contributed by atoms with E-state index in [0.717, 1.165) is 28.9 Å². The summed E-state index contributed by atoms with van der Waals surface area (Å²) in [6.07, 6.45) is -0.444. The van der Waals surface area contributed by atoms with Crippen molar-refractivity contribution in [2.24, 2.45) is 0 Å². The number of pyridine rings is 1. The summed E-state index contributed by atoms with van der Waals surface area (Å²) in [5.41, 5.74) is -1.81. The molecule has 6 nitrogen and oxygen atoms in total. The summed E-state index contributed by atoms with van der Waals surface area (Å²) in [6, 6.07) is 10.8. The van der Waals surface area contributed by atoms with Crippen LogP contribution in [0.2, 0.25) is 0 Å². The third-order valence-corrected chi connectivity index (χ3v) is 4.68. The zero-order chi connectivity index (χ0) is 24.3. The van der Waals surface area contributed by atoms with Gasteiger partial charge in [-0.05, 0) is 42.0 Å². The molecule has 0 radical (unpaired) electrons. The molecule has 11 heteroatoms. The number of nitrogens with one attached hydrogen (secondary N) is 1. The summed E-state index contributed by atoms with van der Waals surface area (Å²) in [5.74, 6) is -2.95. The summed E-state index contributed by atoms with van der Waals surface area (Å²) in [7, 11) is 0. The second kappa shape index (κ2) is 9.30. The maximum atomic E-state index is 13.8. The zero-order valence-corrected chi connectivity index (χ0v) is 17.2. The summed E-state index contributed by atoms with van der Waals surface area (Å²) < 4.78 is 75.2. The van der Waals surface area contributed by atoms with E-state index in [9.17, 15) is 26.7 Å². The number of ether oxygens (including phenoxy) is 1. The molecule has 0 saturated carbocycles. The minimum absolute atomic E-state index is 0.0115. The van der Waals surface area contributed by atoms with Crippen molar-refractivity contribution in [2.75, 3.05) is 5.32 Å². The van der Waals surface area contributed by atoms with Crippen LogP contribution >= 0.6 is 0 Å². The molecule has 0 aliphatic heterocycles. The van der Waals surface area contributed by atoms with Crippen molar-refractivity contribution in [3.63, 3.8) is 0 Å². The minimum Gasteiger partial charge on any atom is -0.457 e. The molecule has 174 valence electrons. The summed E-state index contributed by atoms with van der Waals surface area (Å²) in [5, 5.41) is 6.21. The fourth-order valence-electron chi connectivity index (χ4n) is 3.15. The Morgan fingerprint density at radius 2 is 1.68 bits per heavy atom. The third kappa shape index (κ3) is 5.20. The normalized spacial score (nSPS) is 11.3. The van der Waals surface area contributed by atoms with Gasteiger partial charge in [0.1, 0.15) is 28.7 Å². The Bertz CT molecular complexity index is 1300. The van der Waals surface area contributed by atoms with Crippen molar-refractivity contribution < 1.29 is 31.5 Å². The van der Waals surface area contributed by atoms with E-state index >= 15 is 0 Å². The van der Waals surface area contributed by atoms with Gasteiger partial charge in [0.25, 0.3) is 5.91 Å². The highest BCUT2D eigenvalue weighted by Crippen LogP contribution is 2.36. The van der Waals surface area contributed by atoms with Gasteiger partial charge in [0.05, 0.1) is 12.1 Å². The fraction of sp³-hybridized carbons (Fsp3) is 0.0870. The van der Waals surface area contributed by atoms with Crippen LogP contribution in [0, 0.1) is 11.6 Å². The molecule has 2 heterocycles. The van der Waals surface area contributed by atoms with Crippen LogP contribution in [-0.2, 0) is 12.7 Å². The lowest BCUT2D eigenvalue weighted by Crippen LogP contribution is -2.16. The molecule has 1 N–H and O–H groups in total. The molecule has 0 aliphatic carbocycles. The van der Waals surface area contributed by atoms with Gasteiger partial charge >= 0.3 is 6.18 Å². The first kappa shape index (κ1) is 22.9. The zero-order valence-electron chi connectivity index (χ0n) is 17.2. The lowest BCUT2D eigenvalue weighted by atomic mass is 10.1. The fourth-order valence-corrected chi connectivity index (χ4v) is 3.15. The molecule has 34 heavy (non-hydrogen) atoms. The molecule has 0 spiro atoms. The second-order valence-corrected chi connectivity index (χ2v) is 7.05. The van der Waals surface area contributed by atoms with E-state index in [1.807, 2.05) is 0 Å². The molecule has 1 amide bonds. The van der Waals surface area contributed by atoms with E-state index in [1.165, 1.54) is 48.9 Å². The van der Waals surface area contributed by atoms with Gasteiger partial charge in [-0.15, -0.1) is 0 Å². The number of hydrogen-bond acceptors (Lipinski definition) is 4. The molecule has 0 saturated heterocycles. The summed E-state index contributed by atoms with van der Waals surface area (Å²) in [4.78, 5) is 16.0. The van der Waals surface area contributed by atoms with E-state index in [2.05, 4.69) is 15.4 Å². The van der Waals surface area contributed by atoms with E-state index in [4.69, 9.17) is 4.74 Å². The monoisotopic (exact) mass is 474 g/mol. The predicted molar refractivity (Wildman–Crippen MR) is 111 cm³/mol. The van der Waals surface area contributed by atoms with Gasteiger partial charge in [-0.1, -0.05) is 12.1 Å². The largest absolute Gasteiger partial charge is 0.457 e. The van der Waals surface area contributed by atoms with E-state index in [1.54, 1.807) is 0 Å². The molecule has 0 atom stereocenters. The van der Waals surface area contributed by atoms with Crippen molar-refractivity contribution >= 4 is 11.7 Å². The number of alkyl halides is 3. The SMILES string of the molecule is O=C(Nc1ccn(Cc2ccc(Oc3ccncc3)cc2C(F)(F)F)n1)c1c(F)cccc1F. The smallest absolute Gasteiger partial charge is 0.416 e. The van der Waals surface area contributed by atoms with Crippen molar-refractivity contribution in [1.82, 2.24) is 14.8 Å². The number of carbonyl (C=O) groups excluding carboxylic acids is 1. The standard InChI is InChI=1S/C23H15F5N4O2/c24-18-2-1-3-19(25)21(18)22(33)30-20-8-11-32(31-20)13-14-4-5-16(12-17(14)23(26,27)28)34-15-6-9-29-10-7-15/h1-12H,13H2,(H,30,31,33). The van der Waals surface area contributed by atoms with Crippen LogP contribution in [0.1, 0.15) is 21.5 Å². The Balaban J connectivity index is 1.53. The lowest BCUT2D eigenvalue weighted by Gasteiger charge is -2.15. The number of halogens is 5. The van der Waals surface area contributed by atoms with Crippen molar-refractivity contribution in [2.45, 2.75) is 12.7 Å². The number of benzene rings is 2. The Morgan fingerprint density at radius 1 is 0.971 bits per heavy atom. The molecular weight excluding hydrogens is 459 g/mol. The first-order valence-corrected chi connectivity index (χ1v) is 9.77. The van der Waals surface area contributed by atoms with Gasteiger partial charge in [0.15, 0.2) is 5.82 Å². The third-order valence-electron chi connectivity index (χ3n) is 4.68. The summed E-state index contributed by atoms with van der Waals surface area (Å²) >= 11 is 0. The van der Waals surface area contributed by atoms with Crippen LogP contribution in [0.5, 0.6) is 11.5 Å². The topological polar surface area (TPSA) is 69.0 Å². The molecule has 0 aliphatic rings. The lowest BCUT2D eigenvalue weighted by molar-refractivity contribution is -0.138. The number of amides is 1. The summed E-state index contributed by atoms with van der Waals surface area (Å²) in [6.45, 7) is -0.283. The quantitative estimate of drug-likeness (QED) is 0.366. The van der Waals surface area contributed by atoms with Gasteiger partial charge in [-0.2, -0.15) is 18.3 Å². The highest BCUT2D eigenvalue weighted by molar-refractivity contribution is 6.04. The van der Waals surface area contributed by atoms with Crippen molar-refractivity contribution in [3.05, 3.63) is 102 Å². The number of carbonyl (C=O) groups is 1. The number of hydrogen-bond donors (Lipinski definition) is 1. The Hall–Kier alpha value is -4.28. The van der Waals surface area contributed by atoms with E-state index in [0.29, 0.717) is 5.75 Å². The highest BCUT2D eigenvalue weighted by atomic mass is 19.4. The van der Waals surface area contributed by atoms with Crippen LogP contribution < -0.4 is 10.1 Å². The molecule has 0 bridgehead atoms. The predicted octanol–water partition coefficient (Wildman–Crippen LogP) is 5.67. The minimum atomic E-state index is -4.67. The Kier molecular flexibility index (Phi) is 6.26. The number of aromatic nitrogens is 3. The van der Waals surface area contributed by atoms with Crippen LogP contribution in [-0.4, -0.2) is 20.7 Å². The number of anilines is 1. The second-order valence-electron chi connectivity index (χ2n) is 7.05. The van der Waals surface area contributed by atoms with Gasteiger partial charge in [-0.3, -0.25) is 14.5 Å². The van der Waals surface area contributed by atoms with E-state index in [-0.39, 0.29) is 23.7 Å². The van der Waals surface area contributed by atoms with Gasteiger partial charge in [0.2, 0.25) is 0 Å². The molecule has 4 aromatic rings. The first-order valence-electron chi connectivity index (χ1n) is 9.77. The first-order chi connectivity index (χ1) is 16.2. The van der Waals surface area contributed by atoms with E-state index < -0.39 is 34.8 Å². The molecule has 4 rings (SSSR count). The molecular formula is C23H15F5N4O2. The van der Waals surface area contributed by atoms with Gasteiger partial charge in [-0.25, -0.2) is 8.78 Å². The maximum absolute atomic E-state index is 13.8. The molecule has 0 unspecified atom stereocenters. The van der Waals surface area contributed by atoms with Crippen LogP contribution in [0.15, 0.2) is 73.2 Å². The molecule has 2 aromatic carbocycles. The molecule has 0 fully saturated rings. The van der Waals surface area contributed by atoms with Gasteiger partial charge in [0, 0.05) is 24.7 Å². The Morgan fingerprint density at radius 3 is 2.35 bits per heavy atom. The van der Waals surface area contributed by atoms with Crippen LogP contribution in [0.4, 0.5) is 27.8 Å². The van der Waals surface area contributed by atoms with Crippen LogP contribution in [0.25, 0.3) is 0 Å².